The van der Waals surface area contributed by atoms with E-state index >= 15 is 0 Å². The molecule has 0 aliphatic rings. The first-order valence-electron chi connectivity index (χ1n) is 1.84. The molecule has 0 aliphatic carbocycles. The van der Waals surface area contributed by atoms with Crippen molar-refractivity contribution in [1.82, 2.24) is 0 Å². The highest BCUT2D eigenvalue weighted by Crippen LogP contribution is 1.93. The summed E-state index contributed by atoms with van der Waals surface area (Å²) >= 11 is 2.13. The summed E-state index contributed by atoms with van der Waals surface area (Å²) in [5.74, 6) is -0.378. The highest BCUT2D eigenvalue weighted by atomic mass is 127. The van der Waals surface area contributed by atoms with Gasteiger partial charge in [-0.1, -0.05) is 35.2 Å². The highest BCUT2D eigenvalue weighted by molar-refractivity contribution is 14.1. The average Bonchev–Trinajstić information content (AvgIpc) is 1.61. The number of rotatable bonds is 2. The molecule has 0 amide bonds. The fraction of sp³-hybridized carbons (Fsp3) is 0.200. The average molecular weight is 212 g/mol. The van der Waals surface area contributed by atoms with Crippen molar-refractivity contribution in [3.05, 3.63) is 24.6 Å². The normalized spacial score (nSPS) is 10.0. The number of hydrogen-bond acceptors (Lipinski definition) is 0. The molecule has 0 aromatic carbocycles. The lowest BCUT2D eigenvalue weighted by Gasteiger charge is -1.74. The van der Waals surface area contributed by atoms with Gasteiger partial charge in [0.05, 0.1) is 0 Å². The van der Waals surface area contributed by atoms with E-state index in [0.717, 1.165) is 4.43 Å². The Bertz CT molecular complexity index is 86.1. The van der Waals surface area contributed by atoms with Crippen LogP contribution in [0.15, 0.2) is 24.6 Å². The van der Waals surface area contributed by atoms with E-state index in [1.807, 2.05) is 0 Å². The molecule has 0 fully saturated rings. The molecule has 0 radical (unpaired) electrons. The minimum Gasteiger partial charge on any atom is -0.208 e. The highest BCUT2D eigenvalue weighted by Gasteiger charge is 1.73. The topological polar surface area (TPSA) is 0 Å². The first-order chi connectivity index (χ1) is 3.27. The fourth-order valence-electron chi connectivity index (χ4n) is 0.172. The second kappa shape index (κ2) is 4.30. The monoisotopic (exact) mass is 212 g/mol. The summed E-state index contributed by atoms with van der Waals surface area (Å²) in [7, 11) is 0. The van der Waals surface area contributed by atoms with Gasteiger partial charge >= 0.3 is 0 Å². The molecular weight excluding hydrogens is 206 g/mol. The third kappa shape index (κ3) is 6.14. The van der Waals surface area contributed by atoms with Gasteiger partial charge in [-0.25, -0.2) is 4.39 Å². The molecule has 0 spiro atoms. The SMILES string of the molecule is C=C(F)/C=C\CI. The van der Waals surface area contributed by atoms with Crippen LogP contribution in [0.3, 0.4) is 0 Å². The van der Waals surface area contributed by atoms with E-state index in [4.69, 9.17) is 0 Å². The van der Waals surface area contributed by atoms with E-state index in [-0.39, 0.29) is 5.83 Å². The molecule has 0 rings (SSSR count). The first kappa shape index (κ1) is 7.14. The molecule has 2 heteroatoms. The van der Waals surface area contributed by atoms with Gasteiger partial charge < -0.3 is 0 Å². The molecule has 7 heavy (non-hydrogen) atoms. The molecule has 0 aliphatic heterocycles. The van der Waals surface area contributed by atoms with Gasteiger partial charge in [0.25, 0.3) is 0 Å². The van der Waals surface area contributed by atoms with Gasteiger partial charge in [-0.15, -0.1) is 0 Å². The van der Waals surface area contributed by atoms with Gasteiger partial charge in [0.1, 0.15) is 5.83 Å². The van der Waals surface area contributed by atoms with Crippen molar-refractivity contribution < 1.29 is 4.39 Å². The van der Waals surface area contributed by atoms with Crippen LogP contribution in [0.1, 0.15) is 0 Å². The zero-order valence-electron chi connectivity index (χ0n) is 3.82. The zero-order valence-corrected chi connectivity index (χ0v) is 5.98. The van der Waals surface area contributed by atoms with Gasteiger partial charge in [-0.2, -0.15) is 0 Å². The Kier molecular flexibility index (Phi) is 4.39. The van der Waals surface area contributed by atoms with Crippen molar-refractivity contribution in [3.63, 3.8) is 0 Å². The molecule has 0 heterocycles. The van der Waals surface area contributed by atoms with Crippen LogP contribution in [0.2, 0.25) is 0 Å². The lowest BCUT2D eigenvalue weighted by molar-refractivity contribution is 0.671. The number of alkyl halides is 1. The number of allylic oxidation sites excluding steroid dienone is 3. The predicted molar refractivity (Wildman–Crippen MR) is 38.3 cm³/mol. The van der Waals surface area contributed by atoms with Crippen LogP contribution >= 0.6 is 22.6 Å². The van der Waals surface area contributed by atoms with Gasteiger partial charge in [0.2, 0.25) is 0 Å². The smallest absolute Gasteiger partial charge is 0.115 e. The Balaban J connectivity index is 3.26. The summed E-state index contributed by atoms with van der Waals surface area (Å²) < 4.78 is 12.4. The second-order valence-electron chi connectivity index (χ2n) is 1.00. The molecule has 0 aromatic heterocycles. The standard InChI is InChI=1S/C5H6FI/c1-5(6)3-2-4-7/h2-3H,1,4H2/b3-2-. The van der Waals surface area contributed by atoms with Gasteiger partial charge in [0, 0.05) is 4.43 Å². The lowest BCUT2D eigenvalue weighted by Crippen LogP contribution is -1.59. The van der Waals surface area contributed by atoms with Crippen LogP contribution in [-0.4, -0.2) is 4.43 Å². The van der Waals surface area contributed by atoms with E-state index in [2.05, 4.69) is 29.2 Å². The molecule has 0 unspecified atom stereocenters. The molecule has 0 bridgehead atoms. The van der Waals surface area contributed by atoms with Crippen LogP contribution in [-0.2, 0) is 0 Å². The Labute approximate surface area is 56.2 Å². The molecule has 0 N–H and O–H groups in total. The zero-order chi connectivity index (χ0) is 5.70. The molecule has 0 saturated heterocycles. The summed E-state index contributed by atoms with van der Waals surface area (Å²) in [4.78, 5) is 0. The van der Waals surface area contributed by atoms with Crippen LogP contribution in [0.5, 0.6) is 0 Å². The van der Waals surface area contributed by atoms with Crippen molar-refractivity contribution in [2.45, 2.75) is 0 Å². The van der Waals surface area contributed by atoms with Crippen molar-refractivity contribution in [3.8, 4) is 0 Å². The van der Waals surface area contributed by atoms with E-state index in [1.165, 1.54) is 6.08 Å². The first-order valence-corrected chi connectivity index (χ1v) is 3.37. The fourth-order valence-corrected chi connectivity index (χ4v) is 0.427. The van der Waals surface area contributed by atoms with Crippen molar-refractivity contribution >= 4 is 22.6 Å². The molecule has 0 atom stereocenters. The Hall–Kier alpha value is 0.140. The maximum Gasteiger partial charge on any atom is 0.115 e. The van der Waals surface area contributed by atoms with Crippen LogP contribution in [0.25, 0.3) is 0 Å². The molecule has 0 saturated carbocycles. The van der Waals surface area contributed by atoms with E-state index in [1.54, 1.807) is 6.08 Å². The summed E-state index contributed by atoms with van der Waals surface area (Å²) in [5, 5.41) is 0. The third-order valence-electron chi connectivity index (χ3n) is 0.388. The lowest BCUT2D eigenvalue weighted by atomic mass is 10.5. The maximum absolute atomic E-state index is 11.6. The summed E-state index contributed by atoms with van der Waals surface area (Å²) in [5.41, 5.74) is 0. The third-order valence-corrected chi connectivity index (χ3v) is 0.896. The maximum atomic E-state index is 11.6. The molecule has 0 nitrogen and oxygen atoms in total. The molecule has 40 valence electrons. The van der Waals surface area contributed by atoms with Crippen molar-refractivity contribution in [2.24, 2.45) is 0 Å². The second-order valence-corrected chi connectivity index (χ2v) is 1.88. The quantitative estimate of drug-likeness (QED) is 0.374. The van der Waals surface area contributed by atoms with E-state index in [9.17, 15) is 4.39 Å². The van der Waals surface area contributed by atoms with Crippen LogP contribution in [0, 0.1) is 0 Å². The Morgan fingerprint density at radius 2 is 2.43 bits per heavy atom. The molecular formula is C5H6FI. The van der Waals surface area contributed by atoms with Crippen molar-refractivity contribution in [1.29, 1.82) is 0 Å². The predicted octanol–water partition coefficient (Wildman–Crippen LogP) is 2.46. The summed E-state index contributed by atoms with van der Waals surface area (Å²) in [6, 6.07) is 0. The molecule has 0 aromatic rings. The Morgan fingerprint density at radius 1 is 1.86 bits per heavy atom. The van der Waals surface area contributed by atoms with Gasteiger partial charge in [0.15, 0.2) is 0 Å². The van der Waals surface area contributed by atoms with Gasteiger partial charge in [-0.05, 0) is 6.08 Å². The largest absolute Gasteiger partial charge is 0.208 e. The number of halogens is 2. The van der Waals surface area contributed by atoms with Crippen LogP contribution < -0.4 is 0 Å². The summed E-state index contributed by atoms with van der Waals surface area (Å²) in [6.45, 7) is 3.04. The van der Waals surface area contributed by atoms with Crippen LogP contribution in [0.4, 0.5) is 4.39 Å². The minimum absolute atomic E-state index is 0.378. The summed E-state index contributed by atoms with van der Waals surface area (Å²) in [6.07, 6.45) is 3.06. The van der Waals surface area contributed by atoms with Crippen molar-refractivity contribution in [2.75, 3.05) is 4.43 Å². The Morgan fingerprint density at radius 3 is 2.57 bits per heavy atom. The van der Waals surface area contributed by atoms with E-state index in [0.29, 0.717) is 0 Å². The van der Waals surface area contributed by atoms with Gasteiger partial charge in [-0.3, -0.25) is 0 Å². The minimum atomic E-state index is -0.378. The number of hydrogen-bond donors (Lipinski definition) is 0. The van der Waals surface area contributed by atoms with E-state index < -0.39 is 0 Å².